The summed E-state index contributed by atoms with van der Waals surface area (Å²) in [5, 5.41) is 10.3. The molecule has 0 radical (unpaired) electrons. The molecule has 0 fully saturated rings. The van der Waals surface area contributed by atoms with Gasteiger partial charge in [0, 0.05) is 12.6 Å². The Bertz CT molecular complexity index is 940. The molecule has 0 amide bonds. The van der Waals surface area contributed by atoms with E-state index in [-0.39, 0.29) is 17.8 Å². The fourth-order valence-corrected chi connectivity index (χ4v) is 2.30. The van der Waals surface area contributed by atoms with Crippen LogP contribution in [0.15, 0.2) is 45.4 Å². The van der Waals surface area contributed by atoms with Crippen LogP contribution in [0.25, 0.3) is 0 Å². The van der Waals surface area contributed by atoms with Crippen LogP contribution < -0.4 is 20.7 Å². The first-order valence-corrected chi connectivity index (χ1v) is 7.37. The Morgan fingerprint density at radius 2 is 2.08 bits per heavy atom. The maximum atomic E-state index is 12.1. The lowest BCUT2D eigenvalue weighted by Crippen LogP contribution is -2.33. The van der Waals surface area contributed by atoms with Crippen molar-refractivity contribution in [3.8, 4) is 17.4 Å². The van der Waals surface area contributed by atoms with Crippen molar-refractivity contribution in [1.82, 2.24) is 9.55 Å². The molecule has 132 valence electrons. The number of benzene rings is 1. The van der Waals surface area contributed by atoms with Gasteiger partial charge in [0.1, 0.15) is 22.7 Å². The van der Waals surface area contributed by atoms with Gasteiger partial charge >= 0.3 is 5.69 Å². The van der Waals surface area contributed by atoms with Gasteiger partial charge in [-0.05, 0) is 19.1 Å². The largest absolute Gasteiger partial charge is 0.497 e. The van der Waals surface area contributed by atoms with E-state index >= 15 is 0 Å². The number of nitrogens with one attached hydrogen (secondary N) is 1. The fourth-order valence-electron chi connectivity index (χ4n) is 2.30. The molecule has 1 aromatic heterocycles. The molecule has 0 spiro atoms. The Morgan fingerprint density at radius 1 is 1.36 bits per heavy atom. The van der Waals surface area contributed by atoms with Crippen LogP contribution in [0.1, 0.15) is 12.5 Å². The van der Waals surface area contributed by atoms with Gasteiger partial charge in [0.25, 0.3) is 5.56 Å². The highest BCUT2D eigenvalue weighted by molar-refractivity contribution is 6.02. The predicted molar refractivity (Wildman–Crippen MR) is 94.6 cm³/mol. The third kappa shape index (κ3) is 3.63. The Morgan fingerprint density at radius 3 is 2.68 bits per heavy atom. The quantitative estimate of drug-likeness (QED) is 0.611. The van der Waals surface area contributed by atoms with Gasteiger partial charge in [-0.15, -0.1) is 6.58 Å². The maximum Gasteiger partial charge on any atom is 0.331 e. The summed E-state index contributed by atoms with van der Waals surface area (Å²) in [4.78, 5) is 30.4. The van der Waals surface area contributed by atoms with Crippen LogP contribution in [0.5, 0.6) is 17.4 Å². The van der Waals surface area contributed by atoms with E-state index in [4.69, 9.17) is 9.47 Å². The Hall–Kier alpha value is -3.29. The van der Waals surface area contributed by atoms with Crippen LogP contribution in [0.2, 0.25) is 0 Å². The monoisotopic (exact) mass is 345 g/mol. The van der Waals surface area contributed by atoms with Gasteiger partial charge in [-0.1, -0.05) is 6.08 Å². The lowest BCUT2D eigenvalue weighted by Gasteiger charge is -2.11. The molecule has 0 saturated heterocycles. The number of hydrogen-bond acceptors (Lipinski definition) is 6. The van der Waals surface area contributed by atoms with E-state index in [1.165, 1.54) is 20.3 Å². The molecule has 0 aliphatic carbocycles. The van der Waals surface area contributed by atoms with Gasteiger partial charge in [0.05, 0.1) is 19.9 Å². The zero-order valence-corrected chi connectivity index (χ0v) is 14.2. The topological polar surface area (TPSA) is 106 Å². The number of nitrogens with zero attached hydrogens (tertiary/aromatic N) is 2. The van der Waals surface area contributed by atoms with Crippen molar-refractivity contribution >= 4 is 11.4 Å². The van der Waals surface area contributed by atoms with Gasteiger partial charge < -0.3 is 14.6 Å². The average Bonchev–Trinajstić information content (AvgIpc) is 2.58. The Kier molecular flexibility index (Phi) is 5.43. The van der Waals surface area contributed by atoms with Crippen LogP contribution in [-0.2, 0) is 6.54 Å². The van der Waals surface area contributed by atoms with Crippen molar-refractivity contribution in [3.05, 3.63) is 57.3 Å². The number of methoxy groups -OCH3 is 2. The third-order valence-electron chi connectivity index (χ3n) is 3.52. The third-order valence-corrected chi connectivity index (χ3v) is 3.52. The number of aliphatic imine (C=N–C) groups is 1. The molecular formula is C17H19N3O5. The van der Waals surface area contributed by atoms with Crippen LogP contribution in [-0.4, -0.2) is 34.6 Å². The summed E-state index contributed by atoms with van der Waals surface area (Å²) in [5.74, 6) is 0.560. The van der Waals surface area contributed by atoms with E-state index in [1.54, 1.807) is 25.1 Å². The number of hydrogen-bond donors (Lipinski definition) is 2. The standard InChI is InChI=1S/C17H19N3O5/c1-5-8-20-16(22)14(15(21)19-17(20)23)10(2)18-12-7-6-11(24-3)9-13(12)25-4/h5-7,9,22H,1,8H2,2-4H3,(H,19,21,23). The first-order valence-electron chi connectivity index (χ1n) is 7.37. The van der Waals surface area contributed by atoms with E-state index in [0.717, 1.165) is 4.57 Å². The number of ether oxygens (including phenoxy) is 2. The lowest BCUT2D eigenvalue weighted by atomic mass is 10.2. The van der Waals surface area contributed by atoms with Crippen LogP contribution in [0.4, 0.5) is 5.69 Å². The Balaban J connectivity index is 2.61. The van der Waals surface area contributed by atoms with Crippen LogP contribution >= 0.6 is 0 Å². The smallest absolute Gasteiger partial charge is 0.331 e. The molecule has 2 rings (SSSR count). The Labute approximate surface area is 143 Å². The number of aromatic hydroxyl groups is 1. The van der Waals surface area contributed by atoms with E-state index < -0.39 is 17.1 Å². The average molecular weight is 345 g/mol. The first-order chi connectivity index (χ1) is 11.9. The van der Waals surface area contributed by atoms with Crippen LogP contribution in [0.3, 0.4) is 0 Å². The van der Waals surface area contributed by atoms with Gasteiger partial charge in [-0.2, -0.15) is 0 Å². The van der Waals surface area contributed by atoms with Gasteiger partial charge in [-0.3, -0.25) is 14.3 Å². The fraction of sp³-hybridized carbons (Fsp3) is 0.235. The minimum atomic E-state index is -0.725. The molecular weight excluding hydrogens is 326 g/mol. The molecule has 0 aliphatic rings. The minimum Gasteiger partial charge on any atom is -0.497 e. The van der Waals surface area contributed by atoms with Gasteiger partial charge in [0.15, 0.2) is 0 Å². The molecule has 1 aromatic carbocycles. The zero-order chi connectivity index (χ0) is 18.6. The molecule has 0 unspecified atom stereocenters. The molecule has 2 aromatic rings. The summed E-state index contributed by atoms with van der Waals surface area (Å²) in [7, 11) is 3.01. The SMILES string of the molecule is C=CCn1c(O)c(C(C)=Nc2ccc(OC)cc2OC)c(=O)[nH]c1=O. The van der Waals surface area contributed by atoms with E-state index in [0.29, 0.717) is 17.2 Å². The normalized spacial score (nSPS) is 11.2. The van der Waals surface area contributed by atoms with Crippen molar-refractivity contribution in [2.24, 2.45) is 4.99 Å². The highest BCUT2D eigenvalue weighted by Crippen LogP contribution is 2.32. The summed E-state index contributed by atoms with van der Waals surface area (Å²) in [6.07, 6.45) is 1.43. The maximum absolute atomic E-state index is 12.1. The summed E-state index contributed by atoms with van der Waals surface area (Å²) in [5.41, 5.74) is -0.877. The number of H-pyrrole nitrogens is 1. The zero-order valence-electron chi connectivity index (χ0n) is 14.2. The first kappa shape index (κ1) is 18.1. The van der Waals surface area contributed by atoms with Crippen molar-refractivity contribution in [2.75, 3.05) is 14.2 Å². The van der Waals surface area contributed by atoms with Gasteiger partial charge in [-0.25, -0.2) is 9.79 Å². The van der Waals surface area contributed by atoms with E-state index in [1.807, 2.05) is 0 Å². The second-order valence-electron chi connectivity index (χ2n) is 5.09. The molecule has 0 atom stereocenters. The van der Waals surface area contributed by atoms with Crippen molar-refractivity contribution in [2.45, 2.75) is 13.5 Å². The van der Waals surface area contributed by atoms with Gasteiger partial charge in [0.2, 0.25) is 5.88 Å². The number of aromatic nitrogens is 2. The predicted octanol–water partition coefficient (Wildman–Crippen LogP) is 1.59. The number of allylic oxidation sites excluding steroid dienone is 1. The second kappa shape index (κ2) is 7.52. The highest BCUT2D eigenvalue weighted by atomic mass is 16.5. The summed E-state index contributed by atoms with van der Waals surface area (Å²) in [6.45, 7) is 5.12. The number of rotatable bonds is 6. The molecule has 8 nitrogen and oxygen atoms in total. The second-order valence-corrected chi connectivity index (χ2v) is 5.09. The minimum absolute atomic E-state index is 0.0492. The molecule has 0 aliphatic heterocycles. The molecule has 8 heteroatoms. The molecule has 0 bridgehead atoms. The van der Waals surface area contributed by atoms with Crippen molar-refractivity contribution in [3.63, 3.8) is 0 Å². The molecule has 0 saturated carbocycles. The van der Waals surface area contributed by atoms with Crippen LogP contribution in [0, 0.1) is 0 Å². The summed E-state index contributed by atoms with van der Waals surface area (Å²) < 4.78 is 11.4. The van der Waals surface area contributed by atoms with E-state index in [9.17, 15) is 14.7 Å². The summed E-state index contributed by atoms with van der Waals surface area (Å²) >= 11 is 0. The molecule has 1 heterocycles. The lowest BCUT2D eigenvalue weighted by molar-refractivity contribution is 0.395. The van der Waals surface area contributed by atoms with Crippen molar-refractivity contribution in [1.29, 1.82) is 0 Å². The number of aromatic amines is 1. The van der Waals surface area contributed by atoms with E-state index in [2.05, 4.69) is 16.6 Å². The highest BCUT2D eigenvalue weighted by Gasteiger charge is 2.17. The summed E-state index contributed by atoms with van der Waals surface area (Å²) in [6, 6.07) is 5.00. The molecule has 2 N–H and O–H groups in total. The molecule has 25 heavy (non-hydrogen) atoms. The van der Waals surface area contributed by atoms with Crippen molar-refractivity contribution < 1.29 is 14.6 Å².